The summed E-state index contributed by atoms with van der Waals surface area (Å²) in [6, 6.07) is 0. The van der Waals surface area contributed by atoms with Crippen LogP contribution in [0.5, 0.6) is 0 Å². The molecule has 0 aromatic heterocycles. The Morgan fingerprint density at radius 3 is 1.53 bits per heavy atom. The van der Waals surface area contributed by atoms with Crippen LogP contribution in [0.4, 0.5) is 0 Å². The molecule has 0 aromatic carbocycles. The highest BCUT2D eigenvalue weighted by Gasteiger charge is 2.28. The van der Waals surface area contributed by atoms with Gasteiger partial charge in [-0.15, -0.1) is 5.98 Å². The average Bonchev–Trinajstić information content (AvgIpc) is 2.17. The average molecular weight is 208 g/mol. The predicted octanol–water partition coefficient (Wildman–Crippen LogP) is 5.08. The molecule has 0 rings (SSSR count). The zero-order valence-electron chi connectivity index (χ0n) is 11.7. The topological polar surface area (TPSA) is 0 Å². The molecule has 0 fully saturated rings. The maximum Gasteiger partial charge on any atom is 0.172 e. The first-order valence-electron chi connectivity index (χ1n) is 6.58. The molecule has 0 aliphatic heterocycles. The molecule has 0 nitrogen and oxygen atoms in total. The quantitative estimate of drug-likeness (QED) is 0.534. The van der Waals surface area contributed by atoms with Gasteiger partial charge in [0.15, 0.2) is 6.71 Å². The second-order valence-corrected chi connectivity index (χ2v) is 5.62. The molecule has 0 aromatic rings. The van der Waals surface area contributed by atoms with Gasteiger partial charge >= 0.3 is 0 Å². The van der Waals surface area contributed by atoms with Gasteiger partial charge in [-0.05, 0) is 6.42 Å². The van der Waals surface area contributed by atoms with Crippen LogP contribution in [-0.2, 0) is 0 Å². The molecule has 0 aliphatic carbocycles. The minimum absolute atomic E-state index is 0.741. The van der Waals surface area contributed by atoms with Crippen LogP contribution in [0, 0.1) is 11.8 Å². The molecule has 0 heterocycles. The molecular weight excluding hydrogens is 179 g/mol. The van der Waals surface area contributed by atoms with E-state index in [-0.39, 0.29) is 0 Å². The molecule has 0 bridgehead atoms. The Hall–Kier alpha value is -0.195. The molecule has 2 atom stereocenters. The summed E-state index contributed by atoms with van der Waals surface area (Å²) in [6.07, 6.45) is 3.49. The van der Waals surface area contributed by atoms with Crippen molar-refractivity contribution in [2.75, 3.05) is 0 Å². The van der Waals surface area contributed by atoms with Crippen LogP contribution in [0.25, 0.3) is 0 Å². The number of hydrogen-bond acceptors (Lipinski definition) is 0. The molecule has 0 N–H and O–H groups in total. The van der Waals surface area contributed by atoms with E-state index in [0.717, 1.165) is 36.6 Å². The highest BCUT2D eigenvalue weighted by atomic mass is 14.1. The third-order valence-corrected chi connectivity index (χ3v) is 3.91. The predicted molar refractivity (Wildman–Crippen MR) is 73.7 cm³/mol. The summed E-state index contributed by atoms with van der Waals surface area (Å²) in [4.78, 5) is 0. The summed E-state index contributed by atoms with van der Waals surface area (Å²) in [5.74, 6) is 5.57. The van der Waals surface area contributed by atoms with Crippen LogP contribution in [-0.4, -0.2) is 6.71 Å². The molecule has 1 heteroatoms. The molecule has 0 aliphatic rings. The van der Waals surface area contributed by atoms with E-state index in [1.165, 1.54) is 0 Å². The van der Waals surface area contributed by atoms with Gasteiger partial charge in [0.05, 0.1) is 0 Å². The van der Waals surface area contributed by atoms with Gasteiger partial charge in [0.1, 0.15) is 0 Å². The molecule has 88 valence electrons. The first-order valence-corrected chi connectivity index (χ1v) is 6.58. The number of hydrogen-bond donors (Lipinski definition) is 0. The van der Waals surface area contributed by atoms with Crippen LogP contribution >= 0.6 is 0 Å². The van der Waals surface area contributed by atoms with E-state index in [0.29, 0.717) is 0 Å². The lowest BCUT2D eigenvalue weighted by Gasteiger charge is -2.29. The lowest BCUT2D eigenvalue weighted by molar-refractivity contribution is 0.566. The van der Waals surface area contributed by atoms with Crippen molar-refractivity contribution in [3.63, 3.8) is 0 Å². The van der Waals surface area contributed by atoms with Crippen LogP contribution in [0.15, 0.2) is 12.1 Å². The van der Waals surface area contributed by atoms with E-state index in [4.69, 9.17) is 0 Å². The van der Waals surface area contributed by atoms with Crippen LogP contribution in [0.2, 0.25) is 11.6 Å². The van der Waals surface area contributed by atoms with Gasteiger partial charge in [-0.1, -0.05) is 78.0 Å². The van der Waals surface area contributed by atoms with Crippen molar-refractivity contribution in [3.8, 4) is 0 Å². The Morgan fingerprint density at radius 1 is 0.867 bits per heavy atom. The van der Waals surface area contributed by atoms with E-state index >= 15 is 0 Å². The van der Waals surface area contributed by atoms with E-state index in [2.05, 4.69) is 60.5 Å². The fourth-order valence-electron chi connectivity index (χ4n) is 2.01. The molecule has 0 amide bonds. The monoisotopic (exact) mass is 208 g/mol. The second kappa shape index (κ2) is 7.14. The molecule has 2 unspecified atom stereocenters. The molecular formula is C14H29B. The molecule has 0 radical (unpaired) electrons. The third kappa shape index (κ3) is 4.90. The van der Waals surface area contributed by atoms with Crippen LogP contribution < -0.4 is 0 Å². The zero-order valence-corrected chi connectivity index (χ0v) is 11.7. The smallest absolute Gasteiger partial charge is 0.118 e. The van der Waals surface area contributed by atoms with Gasteiger partial charge in [-0.3, -0.25) is 0 Å². The minimum Gasteiger partial charge on any atom is -0.118 e. The fourth-order valence-corrected chi connectivity index (χ4v) is 2.01. The van der Waals surface area contributed by atoms with Crippen molar-refractivity contribution in [2.24, 2.45) is 11.8 Å². The zero-order chi connectivity index (χ0) is 12.0. The number of rotatable bonds is 6. The number of allylic oxidation sites excluding steroid dienone is 1. The normalized spacial score (nSPS) is 16.3. The third-order valence-electron chi connectivity index (χ3n) is 3.91. The van der Waals surface area contributed by atoms with E-state index in [9.17, 15) is 0 Å². The fraction of sp³-hybridized carbons (Fsp3) is 0.857. The summed E-state index contributed by atoms with van der Waals surface area (Å²) in [6.45, 7) is 17.1. The molecule has 0 spiro atoms. The van der Waals surface area contributed by atoms with E-state index in [1.54, 1.807) is 0 Å². The molecule has 0 saturated carbocycles. The van der Waals surface area contributed by atoms with Gasteiger partial charge in [0.25, 0.3) is 0 Å². The summed E-state index contributed by atoms with van der Waals surface area (Å²) in [5, 5.41) is 0. The maximum absolute atomic E-state index is 2.45. The largest absolute Gasteiger partial charge is 0.172 e. The van der Waals surface area contributed by atoms with Crippen molar-refractivity contribution in [2.45, 2.75) is 66.5 Å². The molecule has 0 saturated heterocycles. The Labute approximate surface area is 97.6 Å². The summed E-state index contributed by atoms with van der Waals surface area (Å²) in [5.41, 5.74) is 0. The summed E-state index contributed by atoms with van der Waals surface area (Å²) >= 11 is 0. The Bertz CT molecular complexity index is 168. The first kappa shape index (κ1) is 14.8. The van der Waals surface area contributed by atoms with Gasteiger partial charge in [-0.25, -0.2) is 0 Å². The van der Waals surface area contributed by atoms with Gasteiger partial charge < -0.3 is 0 Å². The minimum atomic E-state index is 0.741. The lowest BCUT2D eigenvalue weighted by atomic mass is 9.31. The molecule has 15 heavy (non-hydrogen) atoms. The SMILES string of the molecule is CCC=CB(C(C)C(C)C)C(C)C(C)C. The standard InChI is InChI=1S/C14H29B/c1-8-9-10-15(13(6)11(2)3)14(7)12(4)5/h9-14H,8H2,1-7H3. The summed E-state index contributed by atoms with van der Waals surface area (Å²) in [7, 11) is 0. The highest BCUT2D eigenvalue weighted by molar-refractivity contribution is 6.67. The maximum atomic E-state index is 2.45. The van der Waals surface area contributed by atoms with Crippen molar-refractivity contribution < 1.29 is 0 Å². The first-order chi connectivity index (χ1) is 6.91. The lowest BCUT2D eigenvalue weighted by Crippen LogP contribution is -2.28. The Kier molecular flexibility index (Phi) is 7.05. The van der Waals surface area contributed by atoms with E-state index in [1.807, 2.05) is 0 Å². The van der Waals surface area contributed by atoms with Crippen LogP contribution in [0.1, 0.15) is 54.9 Å². The van der Waals surface area contributed by atoms with Crippen molar-refractivity contribution in [3.05, 3.63) is 12.1 Å². The van der Waals surface area contributed by atoms with Crippen LogP contribution in [0.3, 0.4) is 0 Å². The van der Waals surface area contributed by atoms with Crippen molar-refractivity contribution in [1.29, 1.82) is 0 Å². The van der Waals surface area contributed by atoms with Crippen molar-refractivity contribution >= 4 is 6.71 Å². The Morgan fingerprint density at radius 2 is 1.27 bits per heavy atom. The van der Waals surface area contributed by atoms with Crippen molar-refractivity contribution in [1.82, 2.24) is 0 Å². The second-order valence-electron chi connectivity index (χ2n) is 5.62. The van der Waals surface area contributed by atoms with Gasteiger partial charge in [-0.2, -0.15) is 0 Å². The van der Waals surface area contributed by atoms with E-state index < -0.39 is 0 Å². The van der Waals surface area contributed by atoms with Gasteiger partial charge in [0.2, 0.25) is 0 Å². The summed E-state index contributed by atoms with van der Waals surface area (Å²) < 4.78 is 0. The Balaban J connectivity index is 4.64. The van der Waals surface area contributed by atoms with Gasteiger partial charge in [0, 0.05) is 0 Å². The highest BCUT2D eigenvalue weighted by Crippen LogP contribution is 2.33.